The van der Waals surface area contributed by atoms with Crippen LogP contribution in [0.25, 0.3) is 0 Å². The summed E-state index contributed by atoms with van der Waals surface area (Å²) in [6.07, 6.45) is 0. The van der Waals surface area contributed by atoms with Gasteiger partial charge in [0.05, 0.1) is 4.92 Å². The molecule has 0 spiro atoms. The molecular weight excluding hydrogens is 241 g/mol. The molecule has 0 bridgehead atoms. The molecule has 0 unspecified atom stereocenters. The van der Waals surface area contributed by atoms with Crippen LogP contribution >= 0.6 is 0 Å². The fourth-order valence-corrected chi connectivity index (χ4v) is 1.39. The summed E-state index contributed by atoms with van der Waals surface area (Å²) in [7, 11) is 0. The maximum atomic E-state index is 13.0. The second-order valence-electron chi connectivity index (χ2n) is 3.47. The lowest BCUT2D eigenvalue weighted by Crippen LogP contribution is -1.94. The van der Waals surface area contributed by atoms with Crippen molar-refractivity contribution in [2.24, 2.45) is 0 Å². The van der Waals surface area contributed by atoms with E-state index in [0.29, 0.717) is 0 Å². The molecule has 0 saturated heterocycles. The molecule has 6 heteroatoms. The molecule has 0 atom stereocenters. The van der Waals surface area contributed by atoms with Crippen molar-refractivity contribution in [2.45, 2.75) is 0 Å². The smallest absolute Gasteiger partial charge is 0.311 e. The summed E-state index contributed by atoms with van der Waals surface area (Å²) in [6.45, 7) is 0. The number of hydrogen-bond donors (Lipinski definition) is 1. The van der Waals surface area contributed by atoms with Crippen LogP contribution in [0.2, 0.25) is 0 Å². The summed E-state index contributed by atoms with van der Waals surface area (Å²) in [5.41, 5.74) is -0.347. The maximum Gasteiger partial charge on any atom is 0.311 e. The number of phenolic OH excluding ortho intramolecular Hbond substituents is 1. The van der Waals surface area contributed by atoms with Gasteiger partial charge in [-0.15, -0.1) is 0 Å². The van der Waals surface area contributed by atoms with Crippen molar-refractivity contribution in [3.8, 4) is 17.2 Å². The van der Waals surface area contributed by atoms with Crippen LogP contribution in [-0.4, -0.2) is 10.0 Å². The van der Waals surface area contributed by atoms with Crippen LogP contribution in [0.1, 0.15) is 0 Å². The molecule has 18 heavy (non-hydrogen) atoms. The van der Waals surface area contributed by atoms with Crippen molar-refractivity contribution >= 4 is 5.69 Å². The van der Waals surface area contributed by atoms with Gasteiger partial charge in [0.2, 0.25) is 5.75 Å². The Hall–Kier alpha value is -2.63. The molecule has 2 aromatic carbocycles. The van der Waals surface area contributed by atoms with Gasteiger partial charge in [0, 0.05) is 18.2 Å². The van der Waals surface area contributed by atoms with Gasteiger partial charge in [-0.1, -0.05) is 6.07 Å². The van der Waals surface area contributed by atoms with Crippen molar-refractivity contribution in [3.05, 3.63) is 58.4 Å². The van der Waals surface area contributed by atoms with E-state index < -0.39 is 10.7 Å². The van der Waals surface area contributed by atoms with E-state index in [1.165, 1.54) is 24.3 Å². The lowest BCUT2D eigenvalue weighted by Gasteiger charge is -2.06. The highest BCUT2D eigenvalue weighted by atomic mass is 19.1. The number of benzene rings is 2. The zero-order valence-corrected chi connectivity index (χ0v) is 9.04. The summed E-state index contributed by atoms with van der Waals surface area (Å²) in [5.74, 6) is -0.725. The minimum absolute atomic E-state index is 0.0495. The number of hydrogen-bond acceptors (Lipinski definition) is 4. The number of rotatable bonds is 3. The van der Waals surface area contributed by atoms with E-state index in [-0.39, 0.29) is 22.9 Å². The van der Waals surface area contributed by atoms with Crippen LogP contribution in [0.5, 0.6) is 17.2 Å². The minimum atomic E-state index is -0.669. The summed E-state index contributed by atoms with van der Waals surface area (Å²) >= 11 is 0. The summed E-state index contributed by atoms with van der Waals surface area (Å²) in [5, 5.41) is 20.0. The molecule has 2 rings (SSSR count). The number of halogens is 1. The number of phenols is 1. The van der Waals surface area contributed by atoms with Gasteiger partial charge in [-0.25, -0.2) is 4.39 Å². The van der Waals surface area contributed by atoms with Crippen LogP contribution in [0.3, 0.4) is 0 Å². The maximum absolute atomic E-state index is 13.0. The van der Waals surface area contributed by atoms with Crippen LogP contribution in [0.15, 0.2) is 42.5 Å². The normalized spacial score (nSPS) is 10.1. The molecule has 2 aromatic rings. The van der Waals surface area contributed by atoms with E-state index >= 15 is 0 Å². The number of aromatic hydroxyl groups is 1. The number of nitro benzene ring substituents is 1. The first-order chi connectivity index (χ1) is 8.56. The van der Waals surface area contributed by atoms with Crippen molar-refractivity contribution in [2.75, 3.05) is 0 Å². The molecule has 0 fully saturated rings. The molecule has 0 amide bonds. The Balaban J connectivity index is 2.39. The Morgan fingerprint density at radius 3 is 2.67 bits per heavy atom. The average Bonchev–Trinajstić information content (AvgIpc) is 2.28. The minimum Gasteiger partial charge on any atom is -0.508 e. The fourth-order valence-electron chi connectivity index (χ4n) is 1.39. The Kier molecular flexibility index (Phi) is 3.09. The van der Waals surface area contributed by atoms with Crippen LogP contribution in [0.4, 0.5) is 10.1 Å². The Morgan fingerprint density at radius 2 is 2.00 bits per heavy atom. The molecule has 0 aliphatic rings. The quantitative estimate of drug-likeness (QED) is 0.669. The largest absolute Gasteiger partial charge is 0.508 e. The average molecular weight is 249 g/mol. The van der Waals surface area contributed by atoms with Gasteiger partial charge in [-0.3, -0.25) is 10.1 Å². The predicted molar refractivity (Wildman–Crippen MR) is 61.2 cm³/mol. The van der Waals surface area contributed by atoms with E-state index in [2.05, 4.69) is 0 Å². The number of nitrogens with zero attached hydrogens (tertiary/aromatic N) is 1. The van der Waals surface area contributed by atoms with Crippen LogP contribution in [-0.2, 0) is 0 Å². The van der Waals surface area contributed by atoms with E-state index in [9.17, 15) is 19.6 Å². The van der Waals surface area contributed by atoms with Gasteiger partial charge in [0.1, 0.15) is 17.3 Å². The van der Waals surface area contributed by atoms with Gasteiger partial charge in [0.25, 0.3) is 0 Å². The number of nitro groups is 1. The molecule has 5 nitrogen and oxygen atoms in total. The van der Waals surface area contributed by atoms with Crippen molar-refractivity contribution in [1.82, 2.24) is 0 Å². The van der Waals surface area contributed by atoms with E-state index in [1.807, 2.05) is 0 Å². The molecule has 92 valence electrons. The fraction of sp³-hybridized carbons (Fsp3) is 0. The third kappa shape index (κ3) is 2.54. The van der Waals surface area contributed by atoms with Crippen molar-refractivity contribution < 1.29 is 19.2 Å². The first kappa shape index (κ1) is 11.8. The third-order valence-electron chi connectivity index (χ3n) is 2.16. The van der Waals surface area contributed by atoms with E-state index in [1.54, 1.807) is 0 Å². The first-order valence-electron chi connectivity index (χ1n) is 4.97. The van der Waals surface area contributed by atoms with Gasteiger partial charge < -0.3 is 9.84 Å². The monoisotopic (exact) mass is 249 g/mol. The highest BCUT2D eigenvalue weighted by Crippen LogP contribution is 2.32. The van der Waals surface area contributed by atoms with Crippen molar-refractivity contribution in [3.63, 3.8) is 0 Å². The van der Waals surface area contributed by atoms with Gasteiger partial charge in [-0.2, -0.15) is 0 Å². The van der Waals surface area contributed by atoms with Gasteiger partial charge >= 0.3 is 5.69 Å². The number of ether oxygens (including phenoxy) is 1. The molecule has 0 saturated carbocycles. The van der Waals surface area contributed by atoms with E-state index in [4.69, 9.17) is 4.74 Å². The van der Waals surface area contributed by atoms with E-state index in [0.717, 1.165) is 18.2 Å². The van der Waals surface area contributed by atoms with Gasteiger partial charge in [0.15, 0.2) is 0 Å². The zero-order chi connectivity index (χ0) is 13.1. The highest BCUT2D eigenvalue weighted by molar-refractivity contribution is 5.49. The van der Waals surface area contributed by atoms with Crippen LogP contribution in [0, 0.1) is 15.9 Å². The Bertz CT molecular complexity index is 600. The lowest BCUT2D eigenvalue weighted by molar-refractivity contribution is -0.385. The molecular formula is C12H8FNO4. The Labute approximate surface area is 101 Å². The Morgan fingerprint density at radius 1 is 1.22 bits per heavy atom. The molecule has 0 heterocycles. The van der Waals surface area contributed by atoms with Crippen molar-refractivity contribution in [1.29, 1.82) is 0 Å². The first-order valence-corrected chi connectivity index (χ1v) is 4.97. The molecule has 0 aliphatic heterocycles. The molecule has 1 N–H and O–H groups in total. The molecule has 0 radical (unpaired) electrons. The highest BCUT2D eigenvalue weighted by Gasteiger charge is 2.16. The standard InChI is InChI=1S/C12H8FNO4/c13-8-4-5-11(14(16)17)12(6-8)18-10-3-1-2-9(15)7-10/h1-7,15H. The lowest BCUT2D eigenvalue weighted by atomic mass is 10.3. The summed E-state index contributed by atoms with van der Waals surface area (Å²) in [6, 6.07) is 8.62. The van der Waals surface area contributed by atoms with Crippen LogP contribution < -0.4 is 4.74 Å². The second kappa shape index (κ2) is 4.70. The topological polar surface area (TPSA) is 72.6 Å². The summed E-state index contributed by atoms with van der Waals surface area (Å²) in [4.78, 5) is 10.1. The molecule has 0 aliphatic carbocycles. The third-order valence-corrected chi connectivity index (χ3v) is 2.16. The molecule has 0 aromatic heterocycles. The zero-order valence-electron chi connectivity index (χ0n) is 9.04. The predicted octanol–water partition coefficient (Wildman–Crippen LogP) is 3.23. The summed E-state index contributed by atoms with van der Waals surface area (Å²) < 4.78 is 18.2. The van der Waals surface area contributed by atoms with Gasteiger partial charge in [-0.05, 0) is 18.2 Å². The second-order valence-corrected chi connectivity index (χ2v) is 3.47. The SMILES string of the molecule is O=[N+]([O-])c1ccc(F)cc1Oc1cccc(O)c1.